The van der Waals surface area contributed by atoms with Crippen molar-refractivity contribution in [3.05, 3.63) is 40.9 Å². The molecular weight excluding hydrogens is 258 g/mol. The molecule has 1 atom stereocenters. The highest BCUT2D eigenvalue weighted by Gasteiger charge is 2.19. The van der Waals surface area contributed by atoms with Crippen LogP contribution in [0.3, 0.4) is 0 Å². The fraction of sp³-hybridized carbons (Fsp3) is 0.429. The molecule has 0 aliphatic carbocycles. The molecule has 2 heterocycles. The molecule has 1 aromatic carbocycles. The number of ether oxygens (including phenoxy) is 1. The van der Waals surface area contributed by atoms with Gasteiger partial charge >= 0.3 is 5.76 Å². The van der Waals surface area contributed by atoms with Crippen LogP contribution in [-0.2, 0) is 11.4 Å². The van der Waals surface area contributed by atoms with Crippen molar-refractivity contribution in [2.45, 2.75) is 19.7 Å². The average Bonchev–Trinajstić information content (AvgIpc) is 2.81. The second-order valence-corrected chi connectivity index (χ2v) is 4.94. The Bertz CT molecular complexity index is 620. The van der Waals surface area contributed by atoms with Crippen LogP contribution in [0.25, 0.3) is 11.5 Å². The molecule has 0 amide bonds. The summed E-state index contributed by atoms with van der Waals surface area (Å²) in [5, 5.41) is 4.25. The molecular formula is C14H17N3O3. The minimum atomic E-state index is -0.428. The van der Waals surface area contributed by atoms with Crippen molar-refractivity contribution in [2.75, 3.05) is 19.7 Å². The Morgan fingerprint density at radius 2 is 2.15 bits per heavy atom. The Kier molecular flexibility index (Phi) is 3.66. The van der Waals surface area contributed by atoms with Crippen LogP contribution in [0.2, 0.25) is 0 Å². The zero-order valence-corrected chi connectivity index (χ0v) is 11.4. The van der Waals surface area contributed by atoms with Gasteiger partial charge in [0.25, 0.3) is 0 Å². The summed E-state index contributed by atoms with van der Waals surface area (Å²) in [6, 6.07) is 9.42. The molecule has 0 radical (unpaired) electrons. The van der Waals surface area contributed by atoms with E-state index in [1.54, 1.807) is 0 Å². The van der Waals surface area contributed by atoms with Crippen molar-refractivity contribution >= 4 is 0 Å². The summed E-state index contributed by atoms with van der Waals surface area (Å²) in [4.78, 5) is 14.0. The van der Waals surface area contributed by atoms with Gasteiger partial charge in [-0.2, -0.15) is 4.68 Å². The maximum atomic E-state index is 11.8. The first-order chi connectivity index (χ1) is 9.72. The average molecular weight is 275 g/mol. The molecule has 6 heteroatoms. The topological polar surface area (TPSA) is 60.5 Å². The van der Waals surface area contributed by atoms with Gasteiger partial charge in [-0.1, -0.05) is 18.2 Å². The standard InChI is InChI=1S/C14H17N3O3/c1-11-9-16(7-8-19-11)10-17-14(18)20-13(15-17)12-5-3-2-4-6-12/h2-6,11H,7-10H2,1H3/t11-/m0/s1. The third kappa shape index (κ3) is 2.81. The number of morpholine rings is 1. The number of hydrogen-bond donors (Lipinski definition) is 0. The van der Waals surface area contributed by atoms with Crippen LogP contribution in [0.4, 0.5) is 0 Å². The quantitative estimate of drug-likeness (QED) is 0.842. The molecule has 106 valence electrons. The van der Waals surface area contributed by atoms with Crippen LogP contribution in [0.5, 0.6) is 0 Å². The maximum absolute atomic E-state index is 11.8. The predicted molar refractivity (Wildman–Crippen MR) is 73.2 cm³/mol. The van der Waals surface area contributed by atoms with Gasteiger partial charge in [0.2, 0.25) is 5.89 Å². The third-order valence-electron chi connectivity index (χ3n) is 3.29. The second kappa shape index (κ2) is 5.60. The molecule has 0 N–H and O–H groups in total. The Hall–Kier alpha value is -1.92. The highest BCUT2D eigenvalue weighted by Crippen LogP contribution is 2.14. The van der Waals surface area contributed by atoms with E-state index in [1.165, 1.54) is 4.68 Å². The van der Waals surface area contributed by atoms with Crippen LogP contribution in [0.1, 0.15) is 6.92 Å². The van der Waals surface area contributed by atoms with Gasteiger partial charge in [-0.3, -0.25) is 4.90 Å². The third-order valence-corrected chi connectivity index (χ3v) is 3.29. The zero-order valence-electron chi connectivity index (χ0n) is 11.4. The van der Waals surface area contributed by atoms with E-state index in [-0.39, 0.29) is 6.10 Å². The predicted octanol–water partition coefficient (Wildman–Crippen LogP) is 1.18. The molecule has 0 unspecified atom stereocenters. The second-order valence-electron chi connectivity index (χ2n) is 4.94. The van der Waals surface area contributed by atoms with Gasteiger partial charge in [-0.15, -0.1) is 5.10 Å². The number of rotatable bonds is 3. The Labute approximate surface area is 116 Å². The summed E-state index contributed by atoms with van der Waals surface area (Å²) in [5.74, 6) is -0.0695. The first-order valence-corrected chi connectivity index (χ1v) is 6.70. The Balaban J connectivity index is 1.78. The molecule has 0 bridgehead atoms. The Morgan fingerprint density at radius 1 is 1.35 bits per heavy atom. The largest absolute Gasteiger partial charge is 0.438 e. The van der Waals surface area contributed by atoms with Gasteiger partial charge in [0.05, 0.1) is 12.7 Å². The Morgan fingerprint density at radius 3 is 2.90 bits per heavy atom. The number of nitrogens with zero attached hydrogens (tertiary/aromatic N) is 3. The van der Waals surface area contributed by atoms with Crippen molar-refractivity contribution < 1.29 is 9.15 Å². The van der Waals surface area contributed by atoms with E-state index in [1.807, 2.05) is 37.3 Å². The number of aromatic nitrogens is 2. The summed E-state index contributed by atoms with van der Waals surface area (Å²) >= 11 is 0. The van der Waals surface area contributed by atoms with Gasteiger partial charge < -0.3 is 9.15 Å². The summed E-state index contributed by atoms with van der Waals surface area (Å²) in [5.41, 5.74) is 0.804. The van der Waals surface area contributed by atoms with E-state index in [4.69, 9.17) is 9.15 Å². The smallest absolute Gasteiger partial charge is 0.388 e. The molecule has 20 heavy (non-hydrogen) atoms. The van der Waals surface area contributed by atoms with E-state index in [0.29, 0.717) is 19.2 Å². The van der Waals surface area contributed by atoms with Crippen molar-refractivity contribution in [2.24, 2.45) is 0 Å². The molecule has 3 rings (SSSR count). The van der Waals surface area contributed by atoms with Crippen LogP contribution >= 0.6 is 0 Å². The number of hydrogen-bond acceptors (Lipinski definition) is 5. The molecule has 1 saturated heterocycles. The lowest BCUT2D eigenvalue weighted by Gasteiger charge is -2.30. The SMILES string of the molecule is C[C@H]1CN(Cn2nc(-c3ccccc3)oc2=O)CCO1. The summed E-state index contributed by atoms with van der Waals surface area (Å²) in [6.07, 6.45) is 0.181. The van der Waals surface area contributed by atoms with E-state index in [0.717, 1.165) is 18.7 Å². The minimum absolute atomic E-state index is 0.181. The van der Waals surface area contributed by atoms with E-state index >= 15 is 0 Å². The lowest BCUT2D eigenvalue weighted by atomic mass is 10.2. The number of benzene rings is 1. The van der Waals surface area contributed by atoms with Crippen molar-refractivity contribution in [3.63, 3.8) is 0 Å². The summed E-state index contributed by atoms with van der Waals surface area (Å²) in [7, 11) is 0. The van der Waals surface area contributed by atoms with E-state index in [9.17, 15) is 4.79 Å². The van der Waals surface area contributed by atoms with Crippen LogP contribution in [0.15, 0.2) is 39.5 Å². The summed E-state index contributed by atoms with van der Waals surface area (Å²) in [6.45, 7) is 4.72. The van der Waals surface area contributed by atoms with Gasteiger partial charge in [0.1, 0.15) is 6.67 Å². The van der Waals surface area contributed by atoms with Crippen LogP contribution in [0, 0.1) is 0 Å². The van der Waals surface area contributed by atoms with Crippen molar-refractivity contribution in [1.82, 2.24) is 14.7 Å². The minimum Gasteiger partial charge on any atom is -0.388 e. The van der Waals surface area contributed by atoms with E-state index in [2.05, 4.69) is 10.00 Å². The van der Waals surface area contributed by atoms with Crippen molar-refractivity contribution in [3.8, 4) is 11.5 Å². The molecule has 2 aromatic rings. The first kappa shape index (κ1) is 13.1. The molecule has 1 fully saturated rings. The lowest BCUT2D eigenvalue weighted by Crippen LogP contribution is -2.43. The zero-order chi connectivity index (χ0) is 13.9. The highest BCUT2D eigenvalue weighted by atomic mass is 16.5. The van der Waals surface area contributed by atoms with E-state index < -0.39 is 5.76 Å². The molecule has 1 aromatic heterocycles. The van der Waals surface area contributed by atoms with Crippen LogP contribution < -0.4 is 5.76 Å². The first-order valence-electron chi connectivity index (χ1n) is 6.70. The normalized spacial score (nSPS) is 20.1. The maximum Gasteiger partial charge on any atom is 0.438 e. The van der Waals surface area contributed by atoms with Gasteiger partial charge in [-0.25, -0.2) is 4.79 Å². The van der Waals surface area contributed by atoms with Gasteiger partial charge in [0.15, 0.2) is 0 Å². The molecule has 0 spiro atoms. The monoisotopic (exact) mass is 275 g/mol. The van der Waals surface area contributed by atoms with Crippen molar-refractivity contribution in [1.29, 1.82) is 0 Å². The molecule has 1 aliphatic rings. The summed E-state index contributed by atoms with van der Waals surface area (Å²) < 4.78 is 12.0. The fourth-order valence-electron chi connectivity index (χ4n) is 2.30. The van der Waals surface area contributed by atoms with Gasteiger partial charge in [0, 0.05) is 18.7 Å². The lowest BCUT2D eigenvalue weighted by molar-refractivity contribution is -0.0312. The fourth-order valence-corrected chi connectivity index (χ4v) is 2.30. The van der Waals surface area contributed by atoms with Gasteiger partial charge in [-0.05, 0) is 19.1 Å². The highest BCUT2D eigenvalue weighted by molar-refractivity contribution is 5.51. The molecule has 1 aliphatic heterocycles. The van der Waals surface area contributed by atoms with Crippen LogP contribution in [-0.4, -0.2) is 40.5 Å². The molecule has 6 nitrogen and oxygen atoms in total. The molecule has 0 saturated carbocycles.